The molecule has 6 rings (SSSR count). The lowest BCUT2D eigenvalue weighted by molar-refractivity contribution is -0.143. The Kier molecular flexibility index (Phi) is 5.22. The van der Waals surface area contributed by atoms with Gasteiger partial charge in [0.1, 0.15) is 11.3 Å². The molecular formula is C28H23N2O7+. The number of fused-ring (bicyclic) bond motifs is 2. The van der Waals surface area contributed by atoms with Crippen LogP contribution in [-0.2, 0) is 4.79 Å². The number of carbonyl (C=O) groups is 3. The highest BCUT2D eigenvalue weighted by atomic mass is 16.4. The van der Waals surface area contributed by atoms with Crippen LogP contribution in [0.4, 0.5) is 5.69 Å². The molecule has 3 N–H and O–H groups in total. The Hall–Kier alpha value is -4.66. The summed E-state index contributed by atoms with van der Waals surface area (Å²) in [7, 11) is 0. The van der Waals surface area contributed by atoms with Gasteiger partial charge in [-0.05, 0) is 48.4 Å². The van der Waals surface area contributed by atoms with Crippen molar-refractivity contribution in [1.29, 1.82) is 0 Å². The lowest BCUT2D eigenvalue weighted by Gasteiger charge is -2.33. The van der Waals surface area contributed by atoms with Gasteiger partial charge in [-0.25, -0.2) is 14.2 Å². The molecule has 0 unspecified atom stereocenters. The minimum absolute atomic E-state index is 0.0123. The van der Waals surface area contributed by atoms with Crippen LogP contribution in [0, 0.1) is 5.92 Å². The molecule has 0 amide bonds. The molecule has 3 heterocycles. The topological polar surface area (TPSA) is 131 Å². The third-order valence-electron chi connectivity index (χ3n) is 7.27. The Morgan fingerprint density at radius 1 is 0.865 bits per heavy atom. The average Bonchev–Trinajstić information content (AvgIpc) is 2.79. The molecule has 9 heteroatoms. The van der Waals surface area contributed by atoms with E-state index in [-0.39, 0.29) is 16.7 Å². The van der Waals surface area contributed by atoms with E-state index < -0.39 is 23.8 Å². The first-order valence-corrected chi connectivity index (χ1v) is 12.0. The minimum Gasteiger partial charge on any atom is -0.481 e. The fourth-order valence-corrected chi connectivity index (χ4v) is 5.04. The van der Waals surface area contributed by atoms with Gasteiger partial charge >= 0.3 is 17.9 Å². The maximum absolute atomic E-state index is 12.2. The summed E-state index contributed by atoms with van der Waals surface area (Å²) >= 11 is 0. The van der Waals surface area contributed by atoms with E-state index >= 15 is 0 Å². The van der Waals surface area contributed by atoms with E-state index in [1.54, 1.807) is 0 Å². The summed E-state index contributed by atoms with van der Waals surface area (Å²) in [4.78, 5) is 37.4. The minimum atomic E-state index is -1.16. The first kappa shape index (κ1) is 22.8. The Balaban J connectivity index is 1.64. The largest absolute Gasteiger partial charge is 0.481 e. The summed E-state index contributed by atoms with van der Waals surface area (Å²) in [6.07, 6.45) is 1.11. The molecule has 0 saturated carbocycles. The van der Waals surface area contributed by atoms with Crippen LogP contribution in [0.1, 0.15) is 27.1 Å². The van der Waals surface area contributed by atoms with Crippen molar-refractivity contribution in [2.45, 2.75) is 6.42 Å². The third-order valence-corrected chi connectivity index (χ3v) is 7.27. The zero-order valence-corrected chi connectivity index (χ0v) is 19.7. The molecule has 2 aromatic carbocycles. The number of nitrogens with zero attached hydrogens (tertiary/aromatic N) is 2. The van der Waals surface area contributed by atoms with Crippen molar-refractivity contribution in [3.05, 3.63) is 71.1 Å². The van der Waals surface area contributed by atoms with Crippen molar-refractivity contribution in [3.63, 3.8) is 0 Å². The standard InChI is InChI=1S/C28H22N2O7/c31-26(32)15-2-5-19(28(35)36)22(10-15)25-20-6-3-17(29-8-1-9-29)11-23(20)37-24-12-18(4-7-21(24)25)30-13-16(14-30)27(33)34/h2-7,10-12,16H,1,8-9,13-14H2,(H2-,31,32,33,34,35,36)/p+1. The highest BCUT2D eigenvalue weighted by Crippen LogP contribution is 2.42. The molecular weight excluding hydrogens is 476 g/mol. The predicted octanol–water partition coefficient (Wildman–Crippen LogP) is 3.30. The number of anilines is 1. The van der Waals surface area contributed by atoms with Gasteiger partial charge in [-0.2, -0.15) is 0 Å². The molecule has 2 aromatic rings. The third kappa shape index (κ3) is 3.79. The van der Waals surface area contributed by atoms with E-state index in [2.05, 4.69) is 4.90 Å². The quantitative estimate of drug-likeness (QED) is 0.282. The van der Waals surface area contributed by atoms with Crippen molar-refractivity contribution in [2.75, 3.05) is 31.1 Å². The predicted molar refractivity (Wildman–Crippen MR) is 135 cm³/mol. The summed E-state index contributed by atoms with van der Waals surface area (Å²) in [5, 5.41) is 30.3. The lowest BCUT2D eigenvalue weighted by Crippen LogP contribution is -2.52. The Bertz CT molecular complexity index is 1660. The molecule has 0 atom stereocenters. The molecule has 37 heavy (non-hydrogen) atoms. The summed E-state index contributed by atoms with van der Waals surface area (Å²) < 4.78 is 8.29. The van der Waals surface area contributed by atoms with Gasteiger partial charge in [0, 0.05) is 47.4 Å². The summed E-state index contributed by atoms with van der Waals surface area (Å²) in [6, 6.07) is 15.3. The Morgan fingerprint density at radius 3 is 2.30 bits per heavy atom. The highest BCUT2D eigenvalue weighted by Gasteiger charge is 2.37. The fraction of sp³-hybridized carbons (Fsp3) is 0.214. The number of aromatic carboxylic acids is 2. The van der Waals surface area contributed by atoms with E-state index in [0.717, 1.165) is 30.6 Å². The molecule has 0 radical (unpaired) electrons. The van der Waals surface area contributed by atoms with Crippen LogP contribution in [0.2, 0.25) is 0 Å². The van der Waals surface area contributed by atoms with Crippen molar-refractivity contribution < 1.29 is 34.1 Å². The van der Waals surface area contributed by atoms with E-state index in [1.165, 1.54) is 18.2 Å². The molecule has 1 aliphatic carbocycles. The second kappa shape index (κ2) is 8.48. The maximum atomic E-state index is 12.2. The molecule has 2 saturated heterocycles. The number of aliphatic carboxylic acids is 1. The zero-order valence-electron chi connectivity index (χ0n) is 19.7. The molecule has 3 aliphatic heterocycles. The van der Waals surface area contributed by atoms with Crippen molar-refractivity contribution >= 4 is 34.6 Å². The molecule has 0 spiro atoms. The number of hydrogen-bond donors (Lipinski definition) is 3. The van der Waals surface area contributed by atoms with Crippen LogP contribution < -0.4 is 14.8 Å². The van der Waals surface area contributed by atoms with E-state index in [0.29, 0.717) is 40.9 Å². The van der Waals surface area contributed by atoms with E-state index in [4.69, 9.17) is 4.42 Å². The highest BCUT2D eigenvalue weighted by molar-refractivity contribution is 6.09. The van der Waals surface area contributed by atoms with Gasteiger partial charge in [0.15, 0.2) is 19.0 Å². The molecule has 0 aromatic heterocycles. The van der Waals surface area contributed by atoms with Crippen LogP contribution in [0.3, 0.4) is 0 Å². The second-order valence-corrected chi connectivity index (χ2v) is 9.49. The lowest BCUT2D eigenvalue weighted by atomic mass is 9.89. The first-order valence-electron chi connectivity index (χ1n) is 12.0. The number of hydrogen-bond acceptors (Lipinski definition) is 5. The molecule has 186 valence electrons. The average molecular weight is 499 g/mol. The SMILES string of the molecule is O=C(O)c1ccc(C(=O)O)c(-c2c3ccc(=[N+]4CC(C(=O)O)C4)cc-3oc3cc(N4CCC4)ccc23)c1. The molecule has 9 nitrogen and oxygen atoms in total. The van der Waals surface area contributed by atoms with Gasteiger partial charge < -0.3 is 24.6 Å². The van der Waals surface area contributed by atoms with Crippen molar-refractivity contribution in [1.82, 2.24) is 4.58 Å². The number of carboxylic acid groups (broad SMARTS) is 3. The van der Waals surface area contributed by atoms with Gasteiger partial charge in [0.2, 0.25) is 5.36 Å². The number of rotatable bonds is 5. The van der Waals surface area contributed by atoms with Gasteiger partial charge in [0.25, 0.3) is 0 Å². The van der Waals surface area contributed by atoms with Crippen LogP contribution in [-0.4, -0.2) is 59.4 Å². The zero-order chi connectivity index (χ0) is 25.8. The van der Waals surface area contributed by atoms with Crippen LogP contribution >= 0.6 is 0 Å². The van der Waals surface area contributed by atoms with Crippen LogP contribution in [0.25, 0.3) is 33.4 Å². The van der Waals surface area contributed by atoms with Crippen molar-refractivity contribution in [3.8, 4) is 22.5 Å². The van der Waals surface area contributed by atoms with Crippen LogP contribution in [0.15, 0.2) is 59.0 Å². The molecule has 4 aliphatic rings. The molecule has 0 bridgehead atoms. The summed E-state index contributed by atoms with van der Waals surface area (Å²) in [5.74, 6) is -3.07. The first-order chi connectivity index (χ1) is 17.8. The number of benzene rings is 3. The van der Waals surface area contributed by atoms with Gasteiger partial charge in [-0.1, -0.05) is 0 Å². The van der Waals surface area contributed by atoms with Gasteiger partial charge in [-0.15, -0.1) is 0 Å². The van der Waals surface area contributed by atoms with Crippen molar-refractivity contribution in [2.24, 2.45) is 5.92 Å². The number of carboxylic acids is 3. The smallest absolute Gasteiger partial charge is 0.336 e. The van der Waals surface area contributed by atoms with E-state index in [1.807, 2.05) is 41.0 Å². The van der Waals surface area contributed by atoms with E-state index in [9.17, 15) is 29.7 Å². The maximum Gasteiger partial charge on any atom is 0.336 e. The van der Waals surface area contributed by atoms with Gasteiger partial charge in [-0.3, -0.25) is 4.79 Å². The molecule has 2 fully saturated rings. The fourth-order valence-electron chi connectivity index (χ4n) is 5.04. The summed E-state index contributed by atoms with van der Waals surface area (Å²) in [5.41, 5.74) is 3.01. The normalized spacial score (nSPS) is 16.9. The van der Waals surface area contributed by atoms with Gasteiger partial charge in [0.05, 0.1) is 17.2 Å². The monoisotopic (exact) mass is 499 g/mol. The second-order valence-electron chi connectivity index (χ2n) is 9.49. The summed E-state index contributed by atoms with van der Waals surface area (Å²) in [6.45, 7) is 2.67. The Morgan fingerprint density at radius 2 is 1.65 bits per heavy atom. The Labute approximate surface area is 210 Å². The van der Waals surface area contributed by atoms with Crippen LogP contribution in [0.5, 0.6) is 0 Å².